The Bertz CT molecular complexity index is 412. The van der Waals surface area contributed by atoms with Crippen molar-refractivity contribution in [1.82, 2.24) is 0 Å². The van der Waals surface area contributed by atoms with Crippen LogP contribution in [0, 0.1) is 0 Å². The lowest BCUT2D eigenvalue weighted by atomic mass is 9.85. The van der Waals surface area contributed by atoms with Crippen molar-refractivity contribution in [2.24, 2.45) is 0 Å². The van der Waals surface area contributed by atoms with E-state index in [0.29, 0.717) is 0 Å². The van der Waals surface area contributed by atoms with Crippen LogP contribution >= 0.6 is 0 Å². The SMILES string of the molecule is OC1[C@H]2OC3(CCCCC3)O[C@@H]2C(O)[C@@H]2OC3(CCCCC3)O[C@H]12. The van der Waals surface area contributed by atoms with Crippen LogP contribution in [0.4, 0.5) is 0 Å². The van der Waals surface area contributed by atoms with Gasteiger partial charge in [0.25, 0.3) is 0 Å². The van der Waals surface area contributed by atoms with Gasteiger partial charge in [-0.2, -0.15) is 0 Å². The van der Waals surface area contributed by atoms with Crippen LogP contribution in [0.15, 0.2) is 0 Å². The van der Waals surface area contributed by atoms with Gasteiger partial charge in [-0.1, -0.05) is 12.8 Å². The molecule has 6 heteroatoms. The van der Waals surface area contributed by atoms with E-state index in [2.05, 4.69) is 0 Å². The minimum absolute atomic E-state index is 0.526. The van der Waals surface area contributed by atoms with Gasteiger partial charge in [0.05, 0.1) is 0 Å². The molecule has 0 bridgehead atoms. The van der Waals surface area contributed by atoms with Crippen LogP contribution < -0.4 is 0 Å². The monoisotopic (exact) mass is 340 g/mol. The van der Waals surface area contributed by atoms with Crippen molar-refractivity contribution in [3.05, 3.63) is 0 Å². The highest BCUT2D eigenvalue weighted by molar-refractivity contribution is 5.09. The first kappa shape index (κ1) is 16.0. The Morgan fingerprint density at radius 2 is 0.792 bits per heavy atom. The summed E-state index contributed by atoms with van der Waals surface area (Å²) in [6.07, 6.45) is 6.24. The van der Waals surface area contributed by atoms with Gasteiger partial charge in [-0.15, -0.1) is 0 Å². The van der Waals surface area contributed by atoms with Crippen LogP contribution in [-0.2, 0) is 18.9 Å². The maximum absolute atomic E-state index is 10.9. The Morgan fingerprint density at radius 1 is 0.500 bits per heavy atom. The molecule has 2 saturated heterocycles. The predicted molar refractivity (Wildman–Crippen MR) is 83.1 cm³/mol. The van der Waals surface area contributed by atoms with Crippen molar-refractivity contribution >= 4 is 0 Å². The lowest BCUT2D eigenvalue weighted by Crippen LogP contribution is -2.61. The molecule has 6 nitrogen and oxygen atoms in total. The molecular formula is C18H28O6. The fraction of sp³-hybridized carbons (Fsp3) is 1.00. The molecule has 5 rings (SSSR count). The summed E-state index contributed by atoms with van der Waals surface area (Å²) >= 11 is 0. The Morgan fingerprint density at radius 3 is 1.08 bits per heavy atom. The molecule has 3 saturated carbocycles. The number of hydrogen-bond donors (Lipinski definition) is 2. The number of aliphatic hydroxyl groups excluding tert-OH is 2. The molecule has 2 unspecified atom stereocenters. The first-order valence-corrected chi connectivity index (χ1v) is 9.69. The van der Waals surface area contributed by atoms with E-state index in [4.69, 9.17) is 18.9 Å². The number of fused-ring (bicyclic) bond motifs is 2. The molecule has 2 spiro atoms. The smallest absolute Gasteiger partial charge is 0.169 e. The zero-order chi connectivity index (χ0) is 16.4. The largest absolute Gasteiger partial charge is 0.387 e. The van der Waals surface area contributed by atoms with Gasteiger partial charge in [-0.05, 0) is 25.7 Å². The van der Waals surface area contributed by atoms with Gasteiger partial charge < -0.3 is 29.2 Å². The lowest BCUT2D eigenvalue weighted by molar-refractivity contribution is -0.224. The van der Waals surface area contributed by atoms with E-state index in [1.807, 2.05) is 0 Å². The molecule has 0 aromatic rings. The predicted octanol–water partition coefficient (Wildman–Crippen LogP) is 1.61. The van der Waals surface area contributed by atoms with E-state index < -0.39 is 48.2 Å². The summed E-state index contributed by atoms with van der Waals surface area (Å²) < 4.78 is 24.8. The minimum atomic E-state index is -0.814. The maximum atomic E-state index is 10.9. The molecule has 5 aliphatic rings. The summed E-state index contributed by atoms with van der Waals surface area (Å²) in [4.78, 5) is 0. The summed E-state index contributed by atoms with van der Waals surface area (Å²) in [7, 11) is 0. The second kappa shape index (κ2) is 5.63. The van der Waals surface area contributed by atoms with Crippen LogP contribution in [-0.4, -0.2) is 58.4 Å². The molecule has 0 aromatic heterocycles. The third kappa shape index (κ3) is 2.31. The Hall–Kier alpha value is -0.240. The van der Waals surface area contributed by atoms with E-state index in [1.165, 1.54) is 12.8 Å². The first-order valence-electron chi connectivity index (χ1n) is 9.69. The molecule has 2 N–H and O–H groups in total. The van der Waals surface area contributed by atoms with Gasteiger partial charge in [0, 0.05) is 25.7 Å². The lowest BCUT2D eigenvalue weighted by Gasteiger charge is -2.38. The van der Waals surface area contributed by atoms with E-state index in [9.17, 15) is 10.2 Å². The van der Waals surface area contributed by atoms with Crippen molar-refractivity contribution in [1.29, 1.82) is 0 Å². The van der Waals surface area contributed by atoms with E-state index >= 15 is 0 Å². The van der Waals surface area contributed by atoms with Crippen LogP contribution in [0.2, 0.25) is 0 Å². The number of hydrogen-bond acceptors (Lipinski definition) is 6. The highest BCUT2D eigenvalue weighted by atomic mass is 16.8. The van der Waals surface area contributed by atoms with Gasteiger partial charge in [-0.3, -0.25) is 0 Å². The fourth-order valence-corrected chi connectivity index (χ4v) is 5.40. The average molecular weight is 340 g/mol. The molecule has 6 atom stereocenters. The summed E-state index contributed by atoms with van der Waals surface area (Å²) in [5.74, 6) is -1.26. The highest BCUT2D eigenvalue weighted by Gasteiger charge is 2.65. The van der Waals surface area contributed by atoms with E-state index in [-0.39, 0.29) is 0 Å². The zero-order valence-electron chi connectivity index (χ0n) is 14.1. The van der Waals surface area contributed by atoms with Crippen molar-refractivity contribution in [3.8, 4) is 0 Å². The van der Waals surface area contributed by atoms with Crippen LogP contribution in [0.3, 0.4) is 0 Å². The number of ether oxygens (including phenoxy) is 4. The van der Waals surface area contributed by atoms with Gasteiger partial charge in [-0.25, -0.2) is 0 Å². The molecule has 0 aromatic carbocycles. The van der Waals surface area contributed by atoms with Crippen LogP contribution in [0.25, 0.3) is 0 Å². The highest BCUT2D eigenvalue weighted by Crippen LogP contribution is 2.50. The van der Waals surface area contributed by atoms with Crippen molar-refractivity contribution in [2.75, 3.05) is 0 Å². The summed E-state index contributed by atoms with van der Waals surface area (Å²) in [5.41, 5.74) is 0. The van der Waals surface area contributed by atoms with E-state index in [0.717, 1.165) is 51.4 Å². The molecule has 2 aliphatic heterocycles. The summed E-state index contributed by atoms with van der Waals surface area (Å²) in [6, 6.07) is 0. The quantitative estimate of drug-likeness (QED) is 0.698. The fourth-order valence-electron chi connectivity index (χ4n) is 5.40. The molecule has 2 heterocycles. The Kier molecular flexibility index (Phi) is 3.75. The molecule has 5 fully saturated rings. The maximum Gasteiger partial charge on any atom is 0.169 e. The molecular weight excluding hydrogens is 312 g/mol. The number of rotatable bonds is 0. The van der Waals surface area contributed by atoms with Gasteiger partial charge in [0.1, 0.15) is 36.6 Å². The van der Waals surface area contributed by atoms with Gasteiger partial charge in [0.15, 0.2) is 11.6 Å². The third-order valence-corrected chi connectivity index (χ3v) is 6.63. The molecule has 0 radical (unpaired) electrons. The summed E-state index contributed by atoms with van der Waals surface area (Å²) in [5, 5.41) is 21.7. The molecule has 0 amide bonds. The topological polar surface area (TPSA) is 77.4 Å². The van der Waals surface area contributed by atoms with Crippen molar-refractivity contribution in [3.63, 3.8) is 0 Å². The Balaban J connectivity index is 1.38. The summed E-state index contributed by atoms with van der Waals surface area (Å²) in [6.45, 7) is 0. The normalized spacial score (nSPS) is 49.2. The van der Waals surface area contributed by atoms with E-state index in [1.54, 1.807) is 0 Å². The van der Waals surface area contributed by atoms with Gasteiger partial charge >= 0.3 is 0 Å². The minimum Gasteiger partial charge on any atom is -0.387 e. The first-order chi connectivity index (χ1) is 11.6. The molecule has 24 heavy (non-hydrogen) atoms. The number of aliphatic hydroxyl groups is 2. The van der Waals surface area contributed by atoms with Crippen LogP contribution in [0.1, 0.15) is 64.2 Å². The standard InChI is InChI=1S/C18H28O6/c19-11-13-14(22-17(21-13)7-3-1-4-8-17)12(20)16-15(11)23-18(24-16)9-5-2-6-10-18/h11-16,19-20H,1-10H2/t11?,12?,13-,14-,15-,16+/m1/s1. The molecule has 136 valence electrons. The van der Waals surface area contributed by atoms with Gasteiger partial charge in [0.2, 0.25) is 0 Å². The Labute approximate surface area is 142 Å². The molecule has 3 aliphatic carbocycles. The van der Waals surface area contributed by atoms with Crippen molar-refractivity contribution < 1.29 is 29.2 Å². The van der Waals surface area contributed by atoms with Crippen LogP contribution in [0.5, 0.6) is 0 Å². The third-order valence-electron chi connectivity index (χ3n) is 6.63. The van der Waals surface area contributed by atoms with Crippen molar-refractivity contribution in [2.45, 2.75) is 112 Å². The second-order valence-electron chi connectivity index (χ2n) is 8.25. The zero-order valence-corrected chi connectivity index (χ0v) is 14.1. The average Bonchev–Trinajstić information content (AvgIpc) is 3.14. The second-order valence-corrected chi connectivity index (χ2v) is 8.25.